The molecule has 0 saturated heterocycles. The Bertz CT molecular complexity index is 793. The van der Waals surface area contributed by atoms with Gasteiger partial charge in [-0.25, -0.2) is 0 Å². The zero-order valence-corrected chi connectivity index (χ0v) is 14.5. The van der Waals surface area contributed by atoms with Gasteiger partial charge in [0.15, 0.2) is 0 Å². The Morgan fingerprint density at radius 2 is 1.87 bits per heavy atom. The normalized spacial score (nSPS) is 19.5. The lowest BCUT2D eigenvalue weighted by molar-refractivity contribution is 0.450. The van der Waals surface area contributed by atoms with E-state index >= 15 is 0 Å². The number of benzene rings is 2. The first-order valence-corrected chi connectivity index (χ1v) is 8.03. The third-order valence-corrected chi connectivity index (χ3v) is 4.58. The van der Waals surface area contributed by atoms with Crippen molar-refractivity contribution in [2.75, 3.05) is 19.0 Å². The summed E-state index contributed by atoms with van der Waals surface area (Å²) in [6.07, 6.45) is 0. The van der Waals surface area contributed by atoms with Gasteiger partial charge < -0.3 is 9.64 Å². The number of nitrogens with one attached hydrogen (secondary N) is 1. The molecular weight excluding hydrogens is 354 g/mol. The van der Waals surface area contributed by atoms with Gasteiger partial charge in [-0.2, -0.15) is 5.26 Å². The minimum atomic E-state index is -0.617. The topological polar surface area (TPSA) is 60.1 Å². The van der Waals surface area contributed by atoms with Crippen LogP contribution in [0.25, 0.3) is 0 Å². The average molecular weight is 370 g/mol. The fourth-order valence-corrected chi connectivity index (χ4v) is 3.10. The first-order chi connectivity index (χ1) is 11.0. The number of anilines is 1. The Labute approximate surface area is 143 Å². The predicted octanol–water partition coefficient (Wildman–Crippen LogP) is 4.16. The van der Waals surface area contributed by atoms with E-state index in [1.54, 1.807) is 0 Å². The summed E-state index contributed by atoms with van der Waals surface area (Å²) in [5.41, 5.74) is 2.95. The van der Waals surface area contributed by atoms with Gasteiger partial charge in [-0.15, -0.1) is 0 Å². The monoisotopic (exact) mass is 369 g/mol. The van der Waals surface area contributed by atoms with Crippen LogP contribution in [0.1, 0.15) is 17.0 Å². The molecule has 2 aromatic carbocycles. The first-order valence-electron chi connectivity index (χ1n) is 7.24. The molecule has 2 unspecified atom stereocenters. The van der Waals surface area contributed by atoms with Crippen LogP contribution in [0.4, 0.5) is 5.69 Å². The Balaban J connectivity index is 2.15. The van der Waals surface area contributed by atoms with Crippen LogP contribution in [0.15, 0.2) is 46.9 Å². The maximum atomic E-state index is 9.53. The van der Waals surface area contributed by atoms with E-state index in [4.69, 9.17) is 10.1 Å². The van der Waals surface area contributed by atoms with E-state index in [0.29, 0.717) is 5.75 Å². The van der Waals surface area contributed by atoms with Crippen molar-refractivity contribution in [1.82, 2.24) is 0 Å². The van der Waals surface area contributed by atoms with Gasteiger partial charge >= 0.3 is 0 Å². The standard InChI is InChI=1S/C18H16BrN3O/c1-22(2)13-7-8-14-16(9-13)23-18(21)15(10-20)17(14)11-3-5-12(19)6-4-11/h3-9,15,17,21H,1-2H3. The van der Waals surface area contributed by atoms with E-state index in [-0.39, 0.29) is 11.8 Å². The molecule has 0 amide bonds. The minimum Gasteiger partial charge on any atom is -0.442 e. The molecule has 2 aromatic rings. The molecule has 1 aliphatic heterocycles. The van der Waals surface area contributed by atoms with E-state index in [2.05, 4.69) is 22.0 Å². The first kappa shape index (κ1) is 15.6. The highest BCUT2D eigenvalue weighted by Crippen LogP contribution is 2.43. The smallest absolute Gasteiger partial charge is 0.205 e. The molecular formula is C18H16BrN3O. The molecule has 0 fully saturated rings. The quantitative estimate of drug-likeness (QED) is 0.864. The van der Waals surface area contributed by atoms with E-state index in [1.165, 1.54) is 0 Å². The van der Waals surface area contributed by atoms with Crippen LogP contribution < -0.4 is 9.64 Å². The predicted molar refractivity (Wildman–Crippen MR) is 94.2 cm³/mol. The molecule has 3 rings (SSSR count). The number of nitrogens with zero attached hydrogens (tertiary/aromatic N) is 2. The summed E-state index contributed by atoms with van der Waals surface area (Å²) < 4.78 is 6.61. The molecule has 1 heterocycles. The zero-order valence-electron chi connectivity index (χ0n) is 12.9. The number of fused-ring (bicyclic) bond motifs is 1. The van der Waals surface area contributed by atoms with Crippen LogP contribution in [0.2, 0.25) is 0 Å². The zero-order chi connectivity index (χ0) is 16.6. The lowest BCUT2D eigenvalue weighted by Gasteiger charge is -2.31. The van der Waals surface area contributed by atoms with Crippen LogP contribution in [0.5, 0.6) is 5.75 Å². The minimum absolute atomic E-state index is 0.00354. The van der Waals surface area contributed by atoms with E-state index in [9.17, 15) is 5.26 Å². The fraction of sp³-hybridized carbons (Fsp3) is 0.222. The largest absolute Gasteiger partial charge is 0.442 e. The number of ether oxygens (including phenoxy) is 1. The van der Waals surface area contributed by atoms with Crippen molar-refractivity contribution in [3.05, 3.63) is 58.1 Å². The SMILES string of the molecule is CN(C)c1ccc2c(c1)OC(=N)C(C#N)C2c1ccc(Br)cc1. The summed E-state index contributed by atoms with van der Waals surface area (Å²) in [4.78, 5) is 1.98. The highest BCUT2D eigenvalue weighted by Gasteiger charge is 2.36. The van der Waals surface area contributed by atoms with Crippen molar-refractivity contribution >= 4 is 27.5 Å². The molecule has 116 valence electrons. The molecule has 23 heavy (non-hydrogen) atoms. The van der Waals surface area contributed by atoms with Gasteiger partial charge in [-0.3, -0.25) is 5.41 Å². The maximum Gasteiger partial charge on any atom is 0.205 e. The Morgan fingerprint density at radius 1 is 1.17 bits per heavy atom. The summed E-state index contributed by atoms with van der Waals surface area (Å²) in [5.74, 6) is -0.154. The van der Waals surface area contributed by atoms with Gasteiger partial charge in [0.25, 0.3) is 0 Å². The molecule has 1 N–H and O–H groups in total. The van der Waals surface area contributed by atoms with Crippen LogP contribution >= 0.6 is 15.9 Å². The second-order valence-corrected chi connectivity index (χ2v) is 6.63. The summed E-state index contributed by atoms with van der Waals surface area (Å²) in [6.45, 7) is 0. The molecule has 4 nitrogen and oxygen atoms in total. The lowest BCUT2D eigenvalue weighted by atomic mass is 9.79. The molecule has 0 aliphatic carbocycles. The van der Waals surface area contributed by atoms with Crippen LogP contribution in [-0.4, -0.2) is 20.0 Å². The van der Waals surface area contributed by atoms with Crippen molar-refractivity contribution in [2.45, 2.75) is 5.92 Å². The number of halogens is 1. The number of hydrogen-bond acceptors (Lipinski definition) is 4. The summed E-state index contributed by atoms with van der Waals surface area (Å²) >= 11 is 3.43. The highest BCUT2D eigenvalue weighted by atomic mass is 79.9. The van der Waals surface area contributed by atoms with E-state index in [1.807, 2.05) is 61.5 Å². The molecule has 0 bridgehead atoms. The summed E-state index contributed by atoms with van der Waals surface area (Å²) in [6, 6.07) is 16.0. The molecule has 0 aromatic heterocycles. The number of nitriles is 1. The third kappa shape index (κ3) is 2.82. The molecule has 0 radical (unpaired) electrons. The molecule has 0 saturated carbocycles. The van der Waals surface area contributed by atoms with Gasteiger partial charge in [-0.1, -0.05) is 34.1 Å². The van der Waals surface area contributed by atoms with Gasteiger partial charge in [0.2, 0.25) is 5.90 Å². The van der Waals surface area contributed by atoms with Crippen LogP contribution in [0, 0.1) is 22.7 Å². The second kappa shape index (κ2) is 6.05. The third-order valence-electron chi connectivity index (χ3n) is 4.05. The van der Waals surface area contributed by atoms with E-state index in [0.717, 1.165) is 21.3 Å². The molecule has 5 heteroatoms. The van der Waals surface area contributed by atoms with Crippen LogP contribution in [0.3, 0.4) is 0 Å². The van der Waals surface area contributed by atoms with Crippen LogP contribution in [-0.2, 0) is 0 Å². The second-order valence-electron chi connectivity index (χ2n) is 5.72. The Morgan fingerprint density at radius 3 is 2.48 bits per heavy atom. The molecule has 0 spiro atoms. The van der Waals surface area contributed by atoms with E-state index < -0.39 is 5.92 Å². The van der Waals surface area contributed by atoms with Gasteiger partial charge in [0.1, 0.15) is 11.7 Å². The van der Waals surface area contributed by atoms with Crippen molar-refractivity contribution in [1.29, 1.82) is 10.7 Å². The molecule has 1 aliphatic rings. The van der Waals surface area contributed by atoms with Crippen molar-refractivity contribution in [3.8, 4) is 11.8 Å². The summed E-state index contributed by atoms with van der Waals surface area (Å²) in [7, 11) is 3.92. The fourth-order valence-electron chi connectivity index (χ4n) is 2.83. The number of hydrogen-bond donors (Lipinski definition) is 1. The number of rotatable bonds is 2. The highest BCUT2D eigenvalue weighted by molar-refractivity contribution is 9.10. The maximum absolute atomic E-state index is 9.53. The van der Waals surface area contributed by atoms with Crippen molar-refractivity contribution < 1.29 is 4.74 Å². The average Bonchev–Trinajstić information content (AvgIpc) is 2.53. The molecule has 2 atom stereocenters. The Kier molecular flexibility index (Phi) is 4.10. The van der Waals surface area contributed by atoms with Gasteiger partial charge in [0, 0.05) is 41.8 Å². The van der Waals surface area contributed by atoms with Crippen molar-refractivity contribution in [3.63, 3.8) is 0 Å². The van der Waals surface area contributed by atoms with Gasteiger partial charge in [-0.05, 0) is 23.8 Å². The Hall–Kier alpha value is -2.32. The van der Waals surface area contributed by atoms with Crippen molar-refractivity contribution in [2.24, 2.45) is 5.92 Å². The summed E-state index contributed by atoms with van der Waals surface area (Å²) in [5, 5.41) is 17.6. The lowest BCUT2D eigenvalue weighted by Crippen LogP contribution is -2.31. The van der Waals surface area contributed by atoms with Gasteiger partial charge in [0.05, 0.1) is 6.07 Å².